The summed E-state index contributed by atoms with van der Waals surface area (Å²) in [5.41, 5.74) is 0.444. The zero-order chi connectivity index (χ0) is 14.6. The number of hydrogen-bond donors (Lipinski definition) is 0. The van der Waals surface area contributed by atoms with Crippen LogP contribution >= 0.6 is 0 Å². The van der Waals surface area contributed by atoms with E-state index in [9.17, 15) is 13.2 Å². The minimum Gasteiger partial charge on any atom is -0.380 e. The third kappa shape index (κ3) is 3.26. The van der Waals surface area contributed by atoms with Gasteiger partial charge < -0.3 is 4.74 Å². The second kappa shape index (κ2) is 6.47. The van der Waals surface area contributed by atoms with Crippen molar-refractivity contribution in [3.05, 3.63) is 29.8 Å². The lowest BCUT2D eigenvalue weighted by Crippen LogP contribution is -2.33. The zero-order valence-electron chi connectivity index (χ0n) is 11.5. The highest BCUT2D eigenvalue weighted by Gasteiger charge is 2.25. The van der Waals surface area contributed by atoms with Crippen LogP contribution in [0.5, 0.6) is 0 Å². The van der Waals surface area contributed by atoms with E-state index in [1.54, 1.807) is 19.1 Å². The van der Waals surface area contributed by atoms with E-state index in [0.29, 0.717) is 44.7 Å². The highest BCUT2D eigenvalue weighted by Crippen LogP contribution is 2.19. The third-order valence-corrected chi connectivity index (χ3v) is 5.19. The van der Waals surface area contributed by atoms with Crippen LogP contribution in [0, 0.1) is 0 Å². The quantitative estimate of drug-likeness (QED) is 0.793. The van der Waals surface area contributed by atoms with E-state index in [2.05, 4.69) is 0 Å². The Balaban J connectivity index is 2.31. The molecule has 1 aliphatic heterocycles. The Morgan fingerprint density at radius 3 is 2.85 bits per heavy atom. The minimum absolute atomic E-state index is 0.0544. The van der Waals surface area contributed by atoms with Crippen molar-refractivity contribution in [2.45, 2.75) is 24.7 Å². The van der Waals surface area contributed by atoms with E-state index in [4.69, 9.17) is 4.74 Å². The van der Waals surface area contributed by atoms with Gasteiger partial charge in [-0.3, -0.25) is 4.79 Å². The van der Waals surface area contributed by atoms with Crippen molar-refractivity contribution in [1.82, 2.24) is 4.31 Å². The molecule has 2 rings (SSSR count). The van der Waals surface area contributed by atoms with Crippen LogP contribution in [0.4, 0.5) is 0 Å². The molecule has 0 saturated carbocycles. The van der Waals surface area contributed by atoms with Crippen molar-refractivity contribution < 1.29 is 17.9 Å². The smallest absolute Gasteiger partial charge is 0.243 e. The SMILES string of the molecule is CCC(=O)c1cccc(S(=O)(=O)N2CCCOCC2)c1. The highest BCUT2D eigenvalue weighted by atomic mass is 32.2. The molecular weight excluding hydrogens is 278 g/mol. The number of nitrogens with zero attached hydrogens (tertiary/aromatic N) is 1. The van der Waals surface area contributed by atoms with E-state index in [1.165, 1.54) is 16.4 Å². The van der Waals surface area contributed by atoms with Crippen molar-refractivity contribution >= 4 is 15.8 Å². The van der Waals surface area contributed by atoms with Crippen molar-refractivity contribution in [2.75, 3.05) is 26.3 Å². The Morgan fingerprint density at radius 1 is 1.30 bits per heavy atom. The van der Waals surface area contributed by atoms with Gasteiger partial charge in [-0.05, 0) is 18.6 Å². The van der Waals surface area contributed by atoms with E-state index in [-0.39, 0.29) is 10.7 Å². The molecule has 1 fully saturated rings. The molecular formula is C14H19NO4S. The molecule has 0 aromatic heterocycles. The van der Waals surface area contributed by atoms with Gasteiger partial charge in [-0.2, -0.15) is 4.31 Å². The van der Waals surface area contributed by atoms with Crippen LogP contribution in [0.15, 0.2) is 29.2 Å². The Morgan fingerprint density at radius 2 is 2.10 bits per heavy atom. The van der Waals surface area contributed by atoms with E-state index in [0.717, 1.165) is 0 Å². The first-order valence-electron chi connectivity index (χ1n) is 6.77. The minimum atomic E-state index is -3.55. The molecule has 0 unspecified atom stereocenters. The van der Waals surface area contributed by atoms with Crippen LogP contribution in [0.2, 0.25) is 0 Å². The summed E-state index contributed by atoms with van der Waals surface area (Å²) < 4.78 is 31.8. The number of Topliss-reactive ketones (excluding diaryl/α,β-unsaturated/α-hetero) is 1. The normalized spacial score (nSPS) is 17.6. The maximum Gasteiger partial charge on any atom is 0.243 e. The second-order valence-electron chi connectivity index (χ2n) is 4.67. The first-order chi connectivity index (χ1) is 9.55. The van der Waals surface area contributed by atoms with Crippen LogP contribution in [0.25, 0.3) is 0 Å². The largest absolute Gasteiger partial charge is 0.380 e. The highest BCUT2D eigenvalue weighted by molar-refractivity contribution is 7.89. The first kappa shape index (κ1) is 15.2. The molecule has 0 radical (unpaired) electrons. The first-order valence-corrected chi connectivity index (χ1v) is 8.21. The van der Waals surface area contributed by atoms with Crippen molar-refractivity contribution in [3.8, 4) is 0 Å². The molecule has 0 bridgehead atoms. The van der Waals surface area contributed by atoms with Crippen molar-refractivity contribution in [1.29, 1.82) is 0 Å². The second-order valence-corrected chi connectivity index (χ2v) is 6.61. The van der Waals surface area contributed by atoms with Gasteiger partial charge in [-0.1, -0.05) is 19.1 Å². The fourth-order valence-electron chi connectivity index (χ4n) is 2.15. The summed E-state index contributed by atoms with van der Waals surface area (Å²) in [5.74, 6) is -0.0544. The van der Waals surface area contributed by atoms with Crippen LogP contribution < -0.4 is 0 Å². The van der Waals surface area contributed by atoms with E-state index in [1.807, 2.05) is 0 Å². The predicted octanol–water partition coefficient (Wildman–Crippen LogP) is 1.69. The van der Waals surface area contributed by atoms with Crippen LogP contribution in [0.1, 0.15) is 30.1 Å². The summed E-state index contributed by atoms with van der Waals surface area (Å²) in [4.78, 5) is 11.9. The molecule has 1 saturated heterocycles. The molecule has 1 aromatic carbocycles. The number of hydrogen-bond acceptors (Lipinski definition) is 4. The molecule has 0 aliphatic carbocycles. The maximum absolute atomic E-state index is 12.6. The van der Waals surface area contributed by atoms with Gasteiger partial charge in [0.25, 0.3) is 0 Å². The number of sulfonamides is 1. The summed E-state index contributed by atoms with van der Waals surface area (Å²) in [6.07, 6.45) is 1.05. The molecule has 1 heterocycles. The molecule has 0 amide bonds. The zero-order valence-corrected chi connectivity index (χ0v) is 12.4. The lowest BCUT2D eigenvalue weighted by atomic mass is 10.1. The van der Waals surface area contributed by atoms with Crippen LogP contribution in [0.3, 0.4) is 0 Å². The van der Waals surface area contributed by atoms with Gasteiger partial charge in [0, 0.05) is 31.7 Å². The van der Waals surface area contributed by atoms with Gasteiger partial charge in [0.1, 0.15) is 0 Å². The maximum atomic E-state index is 12.6. The van der Waals surface area contributed by atoms with Gasteiger partial charge in [-0.15, -0.1) is 0 Å². The summed E-state index contributed by atoms with van der Waals surface area (Å²) in [7, 11) is -3.55. The molecule has 5 nitrogen and oxygen atoms in total. The number of ether oxygens (including phenoxy) is 1. The monoisotopic (exact) mass is 297 g/mol. The number of ketones is 1. The third-order valence-electron chi connectivity index (χ3n) is 3.30. The van der Waals surface area contributed by atoms with Gasteiger partial charge in [0.2, 0.25) is 10.0 Å². The number of benzene rings is 1. The van der Waals surface area contributed by atoms with Gasteiger partial charge in [0.05, 0.1) is 11.5 Å². The number of carbonyl (C=O) groups excluding carboxylic acids is 1. The average Bonchev–Trinajstić information content (AvgIpc) is 2.76. The fourth-order valence-corrected chi connectivity index (χ4v) is 3.66. The topological polar surface area (TPSA) is 63.7 Å². The molecule has 0 atom stereocenters. The predicted molar refractivity (Wildman–Crippen MR) is 75.3 cm³/mol. The Hall–Kier alpha value is -1.24. The Kier molecular flexibility index (Phi) is 4.91. The molecule has 0 spiro atoms. The van der Waals surface area contributed by atoms with E-state index >= 15 is 0 Å². The van der Waals surface area contributed by atoms with Crippen molar-refractivity contribution in [3.63, 3.8) is 0 Å². The van der Waals surface area contributed by atoms with Gasteiger partial charge in [-0.25, -0.2) is 8.42 Å². The molecule has 110 valence electrons. The van der Waals surface area contributed by atoms with Crippen molar-refractivity contribution in [2.24, 2.45) is 0 Å². The summed E-state index contributed by atoms with van der Waals surface area (Å²) >= 11 is 0. The lowest BCUT2D eigenvalue weighted by Gasteiger charge is -2.19. The van der Waals surface area contributed by atoms with Crippen LogP contribution in [-0.2, 0) is 14.8 Å². The number of carbonyl (C=O) groups is 1. The summed E-state index contributed by atoms with van der Waals surface area (Å²) in [6, 6.07) is 6.26. The molecule has 20 heavy (non-hydrogen) atoms. The average molecular weight is 297 g/mol. The molecule has 1 aliphatic rings. The van der Waals surface area contributed by atoms with E-state index < -0.39 is 10.0 Å². The summed E-state index contributed by atoms with van der Waals surface area (Å²) in [6.45, 7) is 3.56. The van der Waals surface area contributed by atoms with Gasteiger partial charge >= 0.3 is 0 Å². The Labute approximate surface area is 119 Å². The standard InChI is InChI=1S/C14H19NO4S/c1-2-14(16)12-5-3-6-13(11-12)20(17,18)15-7-4-9-19-10-8-15/h3,5-6,11H,2,4,7-10H2,1H3. The molecule has 6 heteroatoms. The Bertz CT molecular complexity index is 575. The van der Waals surface area contributed by atoms with Gasteiger partial charge in [0.15, 0.2) is 5.78 Å². The lowest BCUT2D eigenvalue weighted by molar-refractivity contribution is 0.0988. The fraction of sp³-hybridized carbons (Fsp3) is 0.500. The molecule has 0 N–H and O–H groups in total. The number of rotatable bonds is 4. The molecule has 1 aromatic rings. The van der Waals surface area contributed by atoms with Crippen LogP contribution in [-0.4, -0.2) is 44.8 Å². The summed E-state index contributed by atoms with van der Waals surface area (Å²) in [5, 5.41) is 0.